The number of carbonyl (C=O) groups is 1. The minimum atomic E-state index is -0.416. The number of methoxy groups -OCH3 is 1. The average Bonchev–Trinajstić information content (AvgIpc) is 3.32. The summed E-state index contributed by atoms with van der Waals surface area (Å²) >= 11 is 0. The number of hydrogen-bond donors (Lipinski definition) is 1. The monoisotopic (exact) mass is 368 g/mol. The molecule has 4 rings (SSSR count). The standard InChI is InChI=1S/C19H16N2O6/c1-23-10-13-5-7-16(26-13)18(22)21-14-3-2-8-20-19(14)27-12-4-6-15-17(9-12)25-11-24-15/h2-9H,10-11H2,1H3,(H,21,22). The van der Waals surface area contributed by atoms with Gasteiger partial charge in [0.25, 0.3) is 5.91 Å². The predicted molar refractivity (Wildman–Crippen MR) is 94.3 cm³/mol. The smallest absolute Gasteiger partial charge is 0.291 e. The maximum atomic E-state index is 12.4. The van der Waals surface area contributed by atoms with Gasteiger partial charge in [-0.2, -0.15) is 0 Å². The molecule has 27 heavy (non-hydrogen) atoms. The second-order valence-corrected chi connectivity index (χ2v) is 5.63. The molecular formula is C19H16N2O6. The zero-order valence-corrected chi connectivity index (χ0v) is 14.4. The van der Waals surface area contributed by atoms with Gasteiger partial charge in [0.05, 0.1) is 0 Å². The molecule has 8 heteroatoms. The number of nitrogens with one attached hydrogen (secondary N) is 1. The third-order valence-electron chi connectivity index (χ3n) is 3.75. The van der Waals surface area contributed by atoms with E-state index in [2.05, 4.69) is 10.3 Å². The van der Waals surface area contributed by atoms with Crippen LogP contribution in [0, 0.1) is 0 Å². The van der Waals surface area contributed by atoms with Gasteiger partial charge >= 0.3 is 0 Å². The first-order valence-corrected chi connectivity index (χ1v) is 8.14. The molecule has 8 nitrogen and oxygen atoms in total. The van der Waals surface area contributed by atoms with Crippen LogP contribution in [0.25, 0.3) is 0 Å². The van der Waals surface area contributed by atoms with Crippen LogP contribution in [0.1, 0.15) is 16.3 Å². The fraction of sp³-hybridized carbons (Fsp3) is 0.158. The van der Waals surface area contributed by atoms with Crippen LogP contribution in [0.4, 0.5) is 5.69 Å². The first-order chi connectivity index (χ1) is 13.2. The summed E-state index contributed by atoms with van der Waals surface area (Å²) in [6.45, 7) is 0.469. The molecule has 0 radical (unpaired) electrons. The minimum absolute atomic E-state index is 0.167. The molecule has 1 N–H and O–H groups in total. The highest BCUT2D eigenvalue weighted by Crippen LogP contribution is 2.37. The highest BCUT2D eigenvalue weighted by atomic mass is 16.7. The summed E-state index contributed by atoms with van der Waals surface area (Å²) in [5.74, 6) is 2.31. The number of aromatic nitrogens is 1. The van der Waals surface area contributed by atoms with Gasteiger partial charge in [-0.3, -0.25) is 4.79 Å². The number of pyridine rings is 1. The van der Waals surface area contributed by atoms with E-state index in [9.17, 15) is 4.79 Å². The summed E-state index contributed by atoms with van der Waals surface area (Å²) in [5.41, 5.74) is 0.407. The Morgan fingerprint density at radius 2 is 2.07 bits per heavy atom. The maximum Gasteiger partial charge on any atom is 0.291 e. The van der Waals surface area contributed by atoms with E-state index < -0.39 is 5.91 Å². The van der Waals surface area contributed by atoms with Gasteiger partial charge in [-0.15, -0.1) is 0 Å². The molecule has 1 aliphatic heterocycles. The van der Waals surface area contributed by atoms with Crippen molar-refractivity contribution in [2.24, 2.45) is 0 Å². The Morgan fingerprint density at radius 1 is 1.19 bits per heavy atom. The lowest BCUT2D eigenvalue weighted by Gasteiger charge is -2.10. The number of amides is 1. The number of ether oxygens (including phenoxy) is 4. The Morgan fingerprint density at radius 3 is 2.96 bits per heavy atom. The Labute approximate surface area is 154 Å². The molecule has 0 saturated carbocycles. The third-order valence-corrected chi connectivity index (χ3v) is 3.75. The number of benzene rings is 1. The molecule has 0 aliphatic carbocycles. The van der Waals surface area contributed by atoms with E-state index >= 15 is 0 Å². The first-order valence-electron chi connectivity index (χ1n) is 8.14. The van der Waals surface area contributed by atoms with Crippen LogP contribution in [0.15, 0.2) is 53.1 Å². The van der Waals surface area contributed by atoms with E-state index in [0.29, 0.717) is 35.3 Å². The molecule has 138 valence electrons. The van der Waals surface area contributed by atoms with Crippen molar-refractivity contribution in [3.8, 4) is 23.1 Å². The lowest BCUT2D eigenvalue weighted by molar-refractivity contribution is 0.0987. The van der Waals surface area contributed by atoms with Gasteiger partial charge < -0.3 is 28.7 Å². The summed E-state index contributed by atoms with van der Waals surface area (Å²) in [5, 5.41) is 2.74. The van der Waals surface area contributed by atoms with Crippen LogP contribution in [-0.2, 0) is 11.3 Å². The fourth-order valence-electron chi connectivity index (χ4n) is 2.52. The number of carbonyl (C=O) groups excluding carboxylic acids is 1. The van der Waals surface area contributed by atoms with E-state index in [0.717, 1.165) is 0 Å². The summed E-state index contributed by atoms with van der Waals surface area (Å²) in [4.78, 5) is 16.6. The van der Waals surface area contributed by atoms with Gasteiger partial charge in [0.2, 0.25) is 12.7 Å². The molecule has 0 bridgehead atoms. The van der Waals surface area contributed by atoms with Gasteiger partial charge in [-0.05, 0) is 36.4 Å². The van der Waals surface area contributed by atoms with E-state index in [1.54, 1.807) is 55.8 Å². The highest BCUT2D eigenvalue weighted by molar-refractivity contribution is 6.02. The van der Waals surface area contributed by atoms with Crippen molar-refractivity contribution in [2.75, 3.05) is 19.2 Å². The van der Waals surface area contributed by atoms with E-state index in [1.165, 1.54) is 0 Å². The minimum Gasteiger partial charge on any atom is -0.454 e. The number of furan rings is 1. The van der Waals surface area contributed by atoms with Crippen LogP contribution in [0.3, 0.4) is 0 Å². The van der Waals surface area contributed by atoms with Crippen LogP contribution in [0.5, 0.6) is 23.1 Å². The molecular weight excluding hydrogens is 352 g/mol. The summed E-state index contributed by atoms with van der Waals surface area (Å²) < 4.78 is 26.8. The molecule has 0 spiro atoms. The van der Waals surface area contributed by atoms with Gasteiger partial charge in [0.15, 0.2) is 17.3 Å². The lowest BCUT2D eigenvalue weighted by Crippen LogP contribution is -2.12. The molecule has 0 atom stereocenters. The Hall–Kier alpha value is -3.52. The molecule has 1 amide bonds. The number of fused-ring (bicyclic) bond motifs is 1. The second kappa shape index (κ2) is 7.38. The van der Waals surface area contributed by atoms with Crippen molar-refractivity contribution < 1.29 is 28.2 Å². The highest BCUT2D eigenvalue weighted by Gasteiger charge is 2.17. The van der Waals surface area contributed by atoms with Crippen molar-refractivity contribution in [1.29, 1.82) is 0 Å². The number of rotatable bonds is 6. The molecule has 1 aliphatic rings. The summed E-state index contributed by atoms with van der Waals surface area (Å²) in [6, 6.07) is 11.8. The molecule has 1 aromatic carbocycles. The maximum absolute atomic E-state index is 12.4. The Bertz CT molecular complexity index is 968. The van der Waals surface area contributed by atoms with Crippen LogP contribution >= 0.6 is 0 Å². The van der Waals surface area contributed by atoms with Gasteiger partial charge in [0.1, 0.15) is 23.8 Å². The van der Waals surface area contributed by atoms with Crippen molar-refractivity contribution >= 4 is 11.6 Å². The Kier molecular flexibility index (Phi) is 4.63. The van der Waals surface area contributed by atoms with E-state index in [-0.39, 0.29) is 18.4 Å². The van der Waals surface area contributed by atoms with Gasteiger partial charge in [0, 0.05) is 19.4 Å². The van der Waals surface area contributed by atoms with E-state index in [4.69, 9.17) is 23.4 Å². The van der Waals surface area contributed by atoms with Crippen LogP contribution in [0.2, 0.25) is 0 Å². The molecule has 3 heterocycles. The molecule has 0 unspecified atom stereocenters. The van der Waals surface area contributed by atoms with Crippen LogP contribution in [-0.4, -0.2) is 24.8 Å². The molecule has 0 fully saturated rings. The fourth-order valence-corrected chi connectivity index (χ4v) is 2.52. The number of anilines is 1. The summed E-state index contributed by atoms with van der Waals surface area (Å²) in [6.07, 6.45) is 1.57. The quantitative estimate of drug-likeness (QED) is 0.711. The van der Waals surface area contributed by atoms with Crippen molar-refractivity contribution in [2.45, 2.75) is 6.61 Å². The second-order valence-electron chi connectivity index (χ2n) is 5.63. The van der Waals surface area contributed by atoms with Gasteiger partial charge in [-0.25, -0.2) is 4.98 Å². The van der Waals surface area contributed by atoms with Gasteiger partial charge in [-0.1, -0.05) is 0 Å². The predicted octanol–water partition coefficient (Wildman–Crippen LogP) is 3.59. The van der Waals surface area contributed by atoms with Crippen molar-refractivity contribution in [1.82, 2.24) is 4.98 Å². The largest absolute Gasteiger partial charge is 0.454 e. The topological polar surface area (TPSA) is 92.1 Å². The molecule has 3 aromatic rings. The summed E-state index contributed by atoms with van der Waals surface area (Å²) in [7, 11) is 1.55. The molecule has 0 saturated heterocycles. The first kappa shape index (κ1) is 16.9. The Balaban J connectivity index is 1.51. The van der Waals surface area contributed by atoms with Crippen molar-refractivity contribution in [3.63, 3.8) is 0 Å². The zero-order chi connectivity index (χ0) is 18.6. The SMILES string of the molecule is COCc1ccc(C(=O)Nc2cccnc2Oc2ccc3c(c2)OCO3)o1. The zero-order valence-electron chi connectivity index (χ0n) is 14.4. The van der Waals surface area contributed by atoms with Crippen molar-refractivity contribution in [3.05, 3.63) is 60.2 Å². The lowest BCUT2D eigenvalue weighted by atomic mass is 10.3. The average molecular weight is 368 g/mol. The molecule has 2 aromatic heterocycles. The normalized spacial score (nSPS) is 12.0. The third kappa shape index (κ3) is 3.70. The van der Waals surface area contributed by atoms with Crippen LogP contribution < -0.4 is 19.5 Å². The number of nitrogens with zero attached hydrogens (tertiary/aromatic N) is 1. The number of hydrogen-bond acceptors (Lipinski definition) is 7. The van der Waals surface area contributed by atoms with E-state index in [1.807, 2.05) is 0 Å².